The number of rotatable bonds is 9. The summed E-state index contributed by atoms with van der Waals surface area (Å²) in [4.78, 5) is 13.3. The van der Waals surface area contributed by atoms with E-state index in [1.165, 1.54) is 0 Å². The fraction of sp³-hybridized carbons (Fsp3) is 0.393. The Labute approximate surface area is 200 Å². The van der Waals surface area contributed by atoms with Crippen molar-refractivity contribution in [3.8, 4) is 22.6 Å². The van der Waals surface area contributed by atoms with Crippen molar-refractivity contribution in [1.82, 2.24) is 4.90 Å². The van der Waals surface area contributed by atoms with Crippen LogP contribution in [0.5, 0.6) is 11.5 Å². The van der Waals surface area contributed by atoms with Crippen LogP contribution in [0.4, 0.5) is 4.39 Å². The minimum Gasteiger partial charge on any atom is -0.496 e. The van der Waals surface area contributed by atoms with Gasteiger partial charge in [0, 0.05) is 19.5 Å². The number of hydrogen-bond acceptors (Lipinski definition) is 4. The average molecular weight is 466 g/mol. The van der Waals surface area contributed by atoms with Crippen LogP contribution in [0.15, 0.2) is 48.5 Å². The lowest BCUT2D eigenvalue weighted by atomic mass is 9.92. The number of benzene rings is 3. The first-order chi connectivity index (χ1) is 16.5. The fourth-order valence-electron chi connectivity index (χ4n) is 4.92. The van der Waals surface area contributed by atoms with Crippen molar-refractivity contribution in [2.24, 2.45) is 0 Å². The summed E-state index contributed by atoms with van der Waals surface area (Å²) >= 11 is 0. The maximum atomic E-state index is 13.8. The molecule has 0 bridgehead atoms. The number of nitrogens with zero attached hydrogens (tertiary/aromatic N) is 1. The number of fused-ring (bicyclic) bond motifs is 1. The minimum atomic E-state index is -0.807. The second-order valence-electron chi connectivity index (χ2n) is 8.88. The second-order valence-corrected chi connectivity index (χ2v) is 8.88. The lowest BCUT2D eigenvalue weighted by molar-refractivity contribution is -0.136. The number of carbonyl (C=O) groups is 1. The number of carboxylic acids is 1. The molecule has 3 aromatic rings. The number of ether oxygens (including phenoxy) is 2. The molecule has 0 spiro atoms. The Morgan fingerprint density at radius 2 is 1.76 bits per heavy atom. The summed E-state index contributed by atoms with van der Waals surface area (Å²) in [7, 11) is 3.31. The highest BCUT2D eigenvalue weighted by atomic mass is 19.1. The zero-order chi connectivity index (χ0) is 24.1. The Kier molecular flexibility index (Phi) is 7.68. The molecule has 0 saturated carbocycles. The molecule has 0 aromatic heterocycles. The zero-order valence-electron chi connectivity index (χ0n) is 19.9. The molecule has 180 valence electrons. The van der Waals surface area contributed by atoms with Gasteiger partial charge in [0.15, 0.2) is 0 Å². The van der Waals surface area contributed by atoms with Crippen molar-refractivity contribution < 1.29 is 23.8 Å². The summed E-state index contributed by atoms with van der Waals surface area (Å²) in [6, 6.07) is 16.1. The highest BCUT2D eigenvalue weighted by Gasteiger charge is 2.21. The number of piperidine rings is 1. The summed E-state index contributed by atoms with van der Waals surface area (Å²) in [6.45, 7) is 2.24. The van der Waals surface area contributed by atoms with Gasteiger partial charge in [0.2, 0.25) is 0 Å². The van der Waals surface area contributed by atoms with Crippen LogP contribution in [0, 0.1) is 0 Å². The molecule has 0 amide bonds. The number of aliphatic carboxylic acids is 1. The molecule has 1 heterocycles. The molecule has 1 atom stereocenters. The maximum absolute atomic E-state index is 13.8. The van der Waals surface area contributed by atoms with Gasteiger partial charge >= 0.3 is 5.97 Å². The van der Waals surface area contributed by atoms with Gasteiger partial charge in [-0.15, -0.1) is 0 Å². The van der Waals surface area contributed by atoms with Crippen LogP contribution < -0.4 is 9.47 Å². The van der Waals surface area contributed by atoms with E-state index in [4.69, 9.17) is 14.6 Å². The van der Waals surface area contributed by atoms with Crippen molar-refractivity contribution in [2.45, 2.75) is 38.3 Å². The highest BCUT2D eigenvalue weighted by Crippen LogP contribution is 2.43. The van der Waals surface area contributed by atoms with E-state index in [9.17, 15) is 9.18 Å². The molecule has 34 heavy (non-hydrogen) atoms. The van der Waals surface area contributed by atoms with E-state index in [2.05, 4.69) is 4.90 Å². The number of halogens is 1. The van der Waals surface area contributed by atoms with Gasteiger partial charge in [-0.2, -0.15) is 0 Å². The van der Waals surface area contributed by atoms with Gasteiger partial charge in [0.1, 0.15) is 17.7 Å². The smallest absolute Gasteiger partial charge is 0.303 e. The van der Waals surface area contributed by atoms with Crippen molar-refractivity contribution in [3.63, 3.8) is 0 Å². The molecular formula is C28H32FNO4. The monoisotopic (exact) mass is 465 g/mol. The van der Waals surface area contributed by atoms with Crippen LogP contribution >= 0.6 is 0 Å². The van der Waals surface area contributed by atoms with Crippen LogP contribution in [0.1, 0.15) is 30.4 Å². The molecule has 4 rings (SSSR count). The topological polar surface area (TPSA) is 59.0 Å². The molecule has 1 N–H and O–H groups in total. The van der Waals surface area contributed by atoms with Crippen LogP contribution in [0.25, 0.3) is 21.9 Å². The van der Waals surface area contributed by atoms with Gasteiger partial charge < -0.3 is 19.5 Å². The largest absolute Gasteiger partial charge is 0.496 e. The number of carboxylic acid groups (broad SMARTS) is 1. The second kappa shape index (κ2) is 10.9. The van der Waals surface area contributed by atoms with E-state index in [1.54, 1.807) is 14.2 Å². The van der Waals surface area contributed by atoms with Crippen LogP contribution in [0.2, 0.25) is 0 Å². The highest BCUT2D eigenvalue weighted by molar-refractivity contribution is 6.01. The molecule has 1 saturated heterocycles. The van der Waals surface area contributed by atoms with Gasteiger partial charge in [-0.3, -0.25) is 4.79 Å². The molecule has 3 aromatic carbocycles. The van der Waals surface area contributed by atoms with E-state index in [0.717, 1.165) is 70.5 Å². The lowest BCUT2D eigenvalue weighted by Crippen LogP contribution is -2.37. The van der Waals surface area contributed by atoms with Gasteiger partial charge in [0.25, 0.3) is 0 Å². The molecule has 1 aliphatic heterocycles. The van der Waals surface area contributed by atoms with Crippen LogP contribution in [-0.4, -0.2) is 56.0 Å². The summed E-state index contributed by atoms with van der Waals surface area (Å²) in [6.07, 6.45) is 2.18. The first kappa shape index (κ1) is 24.0. The average Bonchev–Trinajstić information content (AvgIpc) is 2.85. The molecule has 0 aliphatic carbocycles. The van der Waals surface area contributed by atoms with Gasteiger partial charge in [-0.25, -0.2) is 4.39 Å². The minimum absolute atomic E-state index is 0.0881. The molecule has 0 radical (unpaired) electrons. The van der Waals surface area contributed by atoms with Gasteiger partial charge in [-0.1, -0.05) is 36.4 Å². The Morgan fingerprint density at radius 1 is 1.06 bits per heavy atom. The Morgan fingerprint density at radius 3 is 2.44 bits per heavy atom. The third-order valence-corrected chi connectivity index (χ3v) is 6.62. The quantitative estimate of drug-likeness (QED) is 0.451. The fourth-order valence-corrected chi connectivity index (χ4v) is 4.92. The first-order valence-corrected chi connectivity index (χ1v) is 11.8. The normalized spacial score (nSPS) is 16.5. The number of alkyl halides is 1. The standard InChI is InChI=1S/C28H32FNO4/c1-33-25-16-19(13-15-30-14-5-7-21(29)18-30)17-26(34-2)28(25)24-10-4-8-22-20(11-12-27(31)32)6-3-9-23(22)24/h3-4,6,8-10,16-17,21H,5,7,11-15,18H2,1-2H3,(H,31,32). The third kappa shape index (κ3) is 5.33. The SMILES string of the molecule is COc1cc(CCN2CCCC(F)C2)cc(OC)c1-c1cccc2c(CCC(=O)O)cccc12. The Balaban J connectivity index is 1.69. The molecular weight excluding hydrogens is 433 g/mol. The van der Waals surface area contributed by atoms with E-state index >= 15 is 0 Å². The summed E-state index contributed by atoms with van der Waals surface area (Å²) < 4.78 is 25.4. The predicted molar refractivity (Wildman–Crippen MR) is 133 cm³/mol. The number of aryl methyl sites for hydroxylation is 1. The van der Waals surface area contributed by atoms with Gasteiger partial charge in [0.05, 0.1) is 19.8 Å². The van der Waals surface area contributed by atoms with Crippen molar-refractivity contribution in [1.29, 1.82) is 0 Å². The Bertz CT molecular complexity index is 1140. The summed E-state index contributed by atoms with van der Waals surface area (Å²) in [5.41, 5.74) is 3.94. The van der Waals surface area contributed by atoms with Crippen LogP contribution in [0.3, 0.4) is 0 Å². The Hall–Kier alpha value is -3.12. The van der Waals surface area contributed by atoms with E-state index in [-0.39, 0.29) is 6.42 Å². The van der Waals surface area contributed by atoms with Crippen molar-refractivity contribution in [2.75, 3.05) is 33.9 Å². The summed E-state index contributed by atoms with van der Waals surface area (Å²) in [5.74, 6) is 0.637. The molecule has 1 unspecified atom stereocenters. The van der Waals surface area contributed by atoms with E-state index in [0.29, 0.717) is 19.4 Å². The lowest BCUT2D eigenvalue weighted by Gasteiger charge is -2.29. The first-order valence-electron chi connectivity index (χ1n) is 11.8. The number of likely N-dealkylation sites (tertiary alicyclic amines) is 1. The number of hydrogen-bond donors (Lipinski definition) is 1. The zero-order valence-corrected chi connectivity index (χ0v) is 19.9. The van der Waals surface area contributed by atoms with Crippen molar-refractivity contribution in [3.05, 3.63) is 59.7 Å². The molecule has 1 fully saturated rings. The number of methoxy groups -OCH3 is 2. The predicted octanol–water partition coefficient (Wildman–Crippen LogP) is 5.52. The molecule has 5 nitrogen and oxygen atoms in total. The third-order valence-electron chi connectivity index (χ3n) is 6.62. The summed E-state index contributed by atoms with van der Waals surface area (Å²) in [5, 5.41) is 11.2. The van der Waals surface area contributed by atoms with E-state index in [1.807, 2.05) is 48.5 Å². The van der Waals surface area contributed by atoms with Gasteiger partial charge in [-0.05, 0) is 71.8 Å². The van der Waals surface area contributed by atoms with Crippen LogP contribution in [-0.2, 0) is 17.6 Å². The maximum Gasteiger partial charge on any atom is 0.303 e. The molecule has 6 heteroatoms. The molecule has 1 aliphatic rings. The van der Waals surface area contributed by atoms with E-state index < -0.39 is 12.1 Å². The van der Waals surface area contributed by atoms with Crippen molar-refractivity contribution >= 4 is 16.7 Å².